The molecule has 0 saturated carbocycles. The second-order valence-corrected chi connectivity index (χ2v) is 4.10. The van der Waals surface area contributed by atoms with Gasteiger partial charge in [0.2, 0.25) is 0 Å². The van der Waals surface area contributed by atoms with E-state index in [4.69, 9.17) is 5.11 Å². The minimum absolute atomic E-state index is 0.132. The number of aromatic hydroxyl groups is 1. The monoisotopic (exact) mass is 285 g/mol. The minimum Gasteiger partial charge on any atom is -0.508 e. The van der Waals surface area contributed by atoms with Crippen LogP contribution >= 0.6 is 0 Å². The molecule has 2 aromatic carbocycles. The van der Waals surface area contributed by atoms with Crippen molar-refractivity contribution in [2.75, 3.05) is 0 Å². The molecule has 0 fully saturated rings. The Balaban J connectivity index is 2.03. The Hall–Kier alpha value is -3.22. The number of hydrogen-bond acceptors (Lipinski definition) is 5. The lowest BCUT2D eigenvalue weighted by atomic mass is 10.2. The third-order valence-corrected chi connectivity index (χ3v) is 2.59. The summed E-state index contributed by atoms with van der Waals surface area (Å²) in [6, 6.07) is 11.6. The molecule has 7 heteroatoms. The van der Waals surface area contributed by atoms with Crippen LogP contribution in [-0.2, 0) is 0 Å². The van der Waals surface area contributed by atoms with Crippen LogP contribution in [0.3, 0.4) is 0 Å². The van der Waals surface area contributed by atoms with Gasteiger partial charge in [0.05, 0.1) is 11.1 Å². The Bertz CT molecular complexity index is 696. The molecule has 0 aromatic heterocycles. The number of carbonyl (C=O) groups is 1. The van der Waals surface area contributed by atoms with E-state index in [9.17, 15) is 14.9 Å². The number of phenols is 1. The van der Waals surface area contributed by atoms with Gasteiger partial charge in [0.1, 0.15) is 5.75 Å². The highest BCUT2D eigenvalue weighted by Gasteiger charge is 2.10. The Morgan fingerprint density at radius 2 is 1.95 bits per heavy atom. The van der Waals surface area contributed by atoms with Crippen molar-refractivity contribution in [1.82, 2.24) is 5.43 Å². The van der Waals surface area contributed by atoms with Gasteiger partial charge in [-0.15, -0.1) is 0 Å². The normalized spacial score (nSPS) is 10.5. The number of nitro groups is 1. The predicted octanol–water partition coefficient (Wildman–Crippen LogP) is 2.06. The van der Waals surface area contributed by atoms with E-state index in [-0.39, 0.29) is 17.0 Å². The molecule has 0 saturated heterocycles. The molecule has 106 valence electrons. The van der Waals surface area contributed by atoms with Gasteiger partial charge in [-0.25, -0.2) is 5.43 Å². The molecule has 0 bridgehead atoms. The van der Waals surface area contributed by atoms with E-state index in [1.165, 1.54) is 42.6 Å². The molecular formula is C14H11N3O4. The van der Waals surface area contributed by atoms with Crippen LogP contribution in [0.5, 0.6) is 5.75 Å². The molecule has 2 aromatic rings. The maximum absolute atomic E-state index is 11.8. The van der Waals surface area contributed by atoms with Crippen molar-refractivity contribution < 1.29 is 14.8 Å². The van der Waals surface area contributed by atoms with Crippen molar-refractivity contribution in [2.24, 2.45) is 5.10 Å². The number of benzene rings is 2. The summed E-state index contributed by atoms with van der Waals surface area (Å²) in [5.74, 6) is -0.415. The first-order valence-electron chi connectivity index (χ1n) is 5.93. The average Bonchev–Trinajstić information content (AvgIpc) is 2.49. The molecule has 0 heterocycles. The first kappa shape index (κ1) is 14.2. The lowest BCUT2D eigenvalue weighted by Crippen LogP contribution is -2.17. The van der Waals surface area contributed by atoms with Crippen LogP contribution in [0.25, 0.3) is 0 Å². The van der Waals surface area contributed by atoms with Gasteiger partial charge in [0, 0.05) is 17.7 Å². The van der Waals surface area contributed by atoms with E-state index in [2.05, 4.69) is 10.5 Å². The smallest absolute Gasteiger partial charge is 0.271 e. The van der Waals surface area contributed by atoms with E-state index in [0.29, 0.717) is 5.56 Å². The second kappa shape index (κ2) is 6.29. The number of non-ortho nitro benzene ring substituents is 1. The standard InChI is InChI=1S/C14H11N3O4/c18-13-6-4-10(5-7-13)9-15-16-14(19)11-2-1-3-12(8-11)17(20)21/h1-9,18H,(H,16,19). The van der Waals surface area contributed by atoms with Crippen molar-refractivity contribution >= 4 is 17.8 Å². The van der Waals surface area contributed by atoms with Gasteiger partial charge in [0.25, 0.3) is 11.6 Å². The van der Waals surface area contributed by atoms with Gasteiger partial charge < -0.3 is 5.11 Å². The van der Waals surface area contributed by atoms with E-state index in [0.717, 1.165) is 0 Å². The van der Waals surface area contributed by atoms with Crippen LogP contribution in [0.4, 0.5) is 5.69 Å². The highest BCUT2D eigenvalue weighted by Crippen LogP contribution is 2.13. The second-order valence-electron chi connectivity index (χ2n) is 4.10. The van der Waals surface area contributed by atoms with Gasteiger partial charge in [-0.3, -0.25) is 14.9 Å². The van der Waals surface area contributed by atoms with Crippen molar-refractivity contribution in [3.05, 3.63) is 69.8 Å². The van der Waals surface area contributed by atoms with Crippen LogP contribution < -0.4 is 5.43 Å². The Morgan fingerprint density at radius 1 is 1.24 bits per heavy atom. The number of hydrazone groups is 1. The number of rotatable bonds is 4. The lowest BCUT2D eigenvalue weighted by Gasteiger charge is -1.99. The van der Waals surface area contributed by atoms with Crippen LogP contribution in [0, 0.1) is 10.1 Å². The van der Waals surface area contributed by atoms with Crippen molar-refractivity contribution in [3.8, 4) is 5.75 Å². The molecule has 0 unspecified atom stereocenters. The Morgan fingerprint density at radius 3 is 2.62 bits per heavy atom. The van der Waals surface area contributed by atoms with Crippen LogP contribution in [-0.4, -0.2) is 22.2 Å². The third kappa shape index (κ3) is 3.87. The topological polar surface area (TPSA) is 105 Å². The summed E-state index contributed by atoms with van der Waals surface area (Å²) in [6.45, 7) is 0. The SMILES string of the molecule is O=C(NN=Cc1ccc(O)cc1)c1cccc([N+](=O)[O-])c1. The zero-order valence-electron chi connectivity index (χ0n) is 10.8. The van der Waals surface area contributed by atoms with Gasteiger partial charge in [-0.2, -0.15) is 5.10 Å². The molecule has 0 spiro atoms. The molecule has 0 radical (unpaired) electrons. The minimum atomic E-state index is -0.573. The molecule has 0 aliphatic rings. The quantitative estimate of drug-likeness (QED) is 0.509. The number of nitro benzene ring substituents is 1. The highest BCUT2D eigenvalue weighted by atomic mass is 16.6. The maximum Gasteiger partial charge on any atom is 0.271 e. The predicted molar refractivity (Wildman–Crippen MR) is 76.3 cm³/mol. The van der Waals surface area contributed by atoms with Crippen LogP contribution in [0.15, 0.2) is 53.6 Å². The number of phenolic OH excluding ortho intramolecular Hbond substituents is 1. The number of nitrogens with zero attached hydrogens (tertiary/aromatic N) is 2. The molecule has 0 atom stereocenters. The Labute approximate surface area is 119 Å². The summed E-state index contributed by atoms with van der Waals surface area (Å²) >= 11 is 0. The average molecular weight is 285 g/mol. The molecular weight excluding hydrogens is 274 g/mol. The summed E-state index contributed by atoms with van der Waals surface area (Å²) in [4.78, 5) is 21.8. The maximum atomic E-state index is 11.8. The summed E-state index contributed by atoms with van der Waals surface area (Å²) in [7, 11) is 0. The van der Waals surface area contributed by atoms with E-state index < -0.39 is 10.8 Å². The molecule has 0 aliphatic carbocycles. The number of carbonyl (C=O) groups excluding carboxylic acids is 1. The zero-order chi connectivity index (χ0) is 15.2. The van der Waals surface area contributed by atoms with E-state index in [1.807, 2.05) is 0 Å². The van der Waals surface area contributed by atoms with Gasteiger partial charge in [-0.1, -0.05) is 6.07 Å². The van der Waals surface area contributed by atoms with Crippen LogP contribution in [0.2, 0.25) is 0 Å². The lowest BCUT2D eigenvalue weighted by molar-refractivity contribution is -0.384. The first-order valence-corrected chi connectivity index (χ1v) is 5.93. The fourth-order valence-corrected chi connectivity index (χ4v) is 1.55. The first-order chi connectivity index (χ1) is 10.1. The molecule has 1 amide bonds. The largest absolute Gasteiger partial charge is 0.508 e. The van der Waals surface area contributed by atoms with Gasteiger partial charge >= 0.3 is 0 Å². The zero-order valence-corrected chi connectivity index (χ0v) is 10.8. The molecule has 2 rings (SSSR count). The fraction of sp³-hybridized carbons (Fsp3) is 0. The summed E-state index contributed by atoms with van der Waals surface area (Å²) in [6.07, 6.45) is 1.40. The van der Waals surface area contributed by atoms with Gasteiger partial charge in [0.15, 0.2) is 0 Å². The summed E-state index contributed by atoms with van der Waals surface area (Å²) in [5, 5.41) is 23.5. The number of amides is 1. The van der Waals surface area contributed by atoms with E-state index in [1.54, 1.807) is 12.1 Å². The van der Waals surface area contributed by atoms with Crippen molar-refractivity contribution in [1.29, 1.82) is 0 Å². The number of nitrogens with one attached hydrogen (secondary N) is 1. The highest BCUT2D eigenvalue weighted by molar-refractivity contribution is 5.95. The summed E-state index contributed by atoms with van der Waals surface area (Å²) in [5.41, 5.74) is 2.94. The van der Waals surface area contributed by atoms with E-state index >= 15 is 0 Å². The third-order valence-electron chi connectivity index (χ3n) is 2.59. The molecule has 2 N–H and O–H groups in total. The van der Waals surface area contributed by atoms with Crippen molar-refractivity contribution in [2.45, 2.75) is 0 Å². The molecule has 21 heavy (non-hydrogen) atoms. The van der Waals surface area contributed by atoms with Crippen LogP contribution in [0.1, 0.15) is 15.9 Å². The van der Waals surface area contributed by atoms with Crippen molar-refractivity contribution in [3.63, 3.8) is 0 Å². The summed E-state index contributed by atoms with van der Waals surface area (Å²) < 4.78 is 0. The number of hydrogen-bond donors (Lipinski definition) is 2. The Kier molecular flexibility index (Phi) is 4.25. The molecule has 7 nitrogen and oxygen atoms in total. The molecule has 0 aliphatic heterocycles. The fourth-order valence-electron chi connectivity index (χ4n) is 1.55. The van der Waals surface area contributed by atoms with Gasteiger partial charge in [-0.05, 0) is 35.9 Å².